The molecule has 0 aliphatic carbocycles. The Bertz CT molecular complexity index is 963. The fourth-order valence-electron chi connectivity index (χ4n) is 3.01. The zero-order valence-corrected chi connectivity index (χ0v) is 16.7. The van der Waals surface area contributed by atoms with Crippen LogP contribution in [0.2, 0.25) is 0 Å². The predicted octanol–water partition coefficient (Wildman–Crippen LogP) is 3.46. The van der Waals surface area contributed by atoms with Crippen molar-refractivity contribution in [3.63, 3.8) is 0 Å². The first-order chi connectivity index (χ1) is 14.2. The number of ether oxygens (including phenoxy) is 2. The average Bonchev–Trinajstić information content (AvgIpc) is 3.20. The Morgan fingerprint density at radius 2 is 1.76 bits per heavy atom. The number of benzene rings is 2. The highest BCUT2D eigenvalue weighted by molar-refractivity contribution is 5.64. The van der Waals surface area contributed by atoms with Gasteiger partial charge in [-0.1, -0.05) is 36.4 Å². The maximum atomic E-state index is 5.46. The molecular formula is C22H25N5O2. The first kappa shape index (κ1) is 19.0. The summed E-state index contributed by atoms with van der Waals surface area (Å²) in [6.45, 7) is 2.57. The van der Waals surface area contributed by atoms with Crippen molar-refractivity contribution < 1.29 is 9.47 Å². The second kappa shape index (κ2) is 8.79. The molecular weight excluding hydrogens is 366 g/mol. The summed E-state index contributed by atoms with van der Waals surface area (Å²) >= 11 is 0. The summed E-state index contributed by atoms with van der Waals surface area (Å²) in [5.74, 6) is 2.95. The molecule has 0 fully saturated rings. The topological polar surface area (TPSA) is 71.5 Å². The summed E-state index contributed by atoms with van der Waals surface area (Å²) in [5.41, 5.74) is 3.02. The van der Waals surface area contributed by atoms with E-state index in [9.17, 15) is 0 Å². The smallest absolute Gasteiger partial charge is 0.231 e. The normalized spacial score (nSPS) is 12.2. The summed E-state index contributed by atoms with van der Waals surface area (Å²) in [6.07, 6.45) is 0. The van der Waals surface area contributed by atoms with Crippen LogP contribution in [0.4, 0.5) is 11.8 Å². The second-order valence-electron chi connectivity index (χ2n) is 7.10. The number of aromatic nitrogens is 2. The highest BCUT2D eigenvalue weighted by Crippen LogP contribution is 2.32. The van der Waals surface area contributed by atoms with Crippen molar-refractivity contribution in [2.24, 2.45) is 0 Å². The first-order valence-corrected chi connectivity index (χ1v) is 9.63. The van der Waals surface area contributed by atoms with Crippen LogP contribution in [0, 0.1) is 0 Å². The Labute approximate surface area is 170 Å². The van der Waals surface area contributed by atoms with Gasteiger partial charge in [0.1, 0.15) is 5.82 Å². The molecule has 0 bridgehead atoms. The molecule has 0 saturated carbocycles. The molecule has 2 N–H and O–H groups in total. The van der Waals surface area contributed by atoms with Crippen LogP contribution < -0.4 is 20.1 Å². The lowest BCUT2D eigenvalue weighted by atomic mass is 10.1. The average molecular weight is 391 g/mol. The molecule has 1 aliphatic rings. The van der Waals surface area contributed by atoms with Crippen LogP contribution in [0.25, 0.3) is 11.3 Å². The van der Waals surface area contributed by atoms with Crippen LogP contribution in [0.1, 0.15) is 5.56 Å². The highest BCUT2D eigenvalue weighted by atomic mass is 16.7. The molecule has 0 saturated heterocycles. The molecule has 29 heavy (non-hydrogen) atoms. The van der Waals surface area contributed by atoms with Gasteiger partial charge in [0.05, 0.1) is 5.69 Å². The number of fused-ring (bicyclic) bond motifs is 1. The third kappa shape index (κ3) is 4.94. The van der Waals surface area contributed by atoms with E-state index < -0.39 is 0 Å². The second-order valence-corrected chi connectivity index (χ2v) is 7.10. The fourth-order valence-corrected chi connectivity index (χ4v) is 3.01. The number of likely N-dealkylation sites (N-methyl/N-ethyl adjacent to an activating group) is 1. The monoisotopic (exact) mass is 391 g/mol. The summed E-state index contributed by atoms with van der Waals surface area (Å²) < 4.78 is 10.8. The summed E-state index contributed by atoms with van der Waals surface area (Å²) in [4.78, 5) is 11.4. The zero-order valence-electron chi connectivity index (χ0n) is 16.7. The van der Waals surface area contributed by atoms with Crippen LogP contribution >= 0.6 is 0 Å². The molecule has 3 aromatic rings. The van der Waals surface area contributed by atoms with Crippen LogP contribution in [-0.4, -0.2) is 48.8 Å². The Hall–Kier alpha value is -3.32. The SMILES string of the molecule is CN(C)CCNc1nc(NCc2ccc3c(c2)OCO3)cc(-c2ccccc2)n1. The number of hydrogen-bond donors (Lipinski definition) is 2. The van der Waals surface area contributed by atoms with Crippen LogP contribution in [0.15, 0.2) is 54.6 Å². The van der Waals surface area contributed by atoms with Crippen molar-refractivity contribution in [1.29, 1.82) is 0 Å². The molecule has 7 heteroatoms. The van der Waals surface area contributed by atoms with E-state index >= 15 is 0 Å². The van der Waals surface area contributed by atoms with E-state index in [1.165, 1.54) is 0 Å². The van der Waals surface area contributed by atoms with E-state index in [0.29, 0.717) is 12.5 Å². The van der Waals surface area contributed by atoms with Gasteiger partial charge >= 0.3 is 0 Å². The van der Waals surface area contributed by atoms with E-state index in [0.717, 1.165) is 47.2 Å². The van der Waals surface area contributed by atoms with E-state index in [-0.39, 0.29) is 6.79 Å². The van der Waals surface area contributed by atoms with Gasteiger partial charge in [-0.25, -0.2) is 4.98 Å². The third-order valence-electron chi connectivity index (χ3n) is 4.55. The largest absolute Gasteiger partial charge is 0.454 e. The van der Waals surface area contributed by atoms with Gasteiger partial charge in [0.15, 0.2) is 11.5 Å². The van der Waals surface area contributed by atoms with Gasteiger partial charge in [0.2, 0.25) is 12.7 Å². The summed E-state index contributed by atoms with van der Waals surface area (Å²) in [5, 5.41) is 6.72. The summed E-state index contributed by atoms with van der Waals surface area (Å²) in [7, 11) is 4.09. The Morgan fingerprint density at radius 1 is 0.931 bits per heavy atom. The standard InChI is InChI=1S/C22H25N5O2/c1-27(2)11-10-23-22-25-18(17-6-4-3-5-7-17)13-21(26-22)24-14-16-8-9-19-20(12-16)29-15-28-19/h3-9,12-13H,10-11,14-15H2,1-2H3,(H2,23,24,25,26). The number of anilines is 2. The molecule has 0 spiro atoms. The number of nitrogens with zero attached hydrogens (tertiary/aromatic N) is 3. The van der Waals surface area contributed by atoms with Crippen LogP contribution in [0.5, 0.6) is 11.5 Å². The Morgan fingerprint density at radius 3 is 2.59 bits per heavy atom. The van der Waals surface area contributed by atoms with Gasteiger partial charge in [-0.2, -0.15) is 4.98 Å². The molecule has 1 aliphatic heterocycles. The fraction of sp³-hybridized carbons (Fsp3) is 0.273. The lowest BCUT2D eigenvalue weighted by Gasteiger charge is -2.13. The van der Waals surface area contributed by atoms with Gasteiger partial charge < -0.3 is 25.0 Å². The van der Waals surface area contributed by atoms with Crippen molar-refractivity contribution in [2.45, 2.75) is 6.54 Å². The van der Waals surface area contributed by atoms with Gasteiger partial charge in [0.25, 0.3) is 0 Å². The quantitative estimate of drug-likeness (QED) is 0.609. The van der Waals surface area contributed by atoms with E-state index in [1.54, 1.807) is 0 Å². The lowest BCUT2D eigenvalue weighted by Crippen LogP contribution is -2.21. The molecule has 0 unspecified atom stereocenters. The van der Waals surface area contributed by atoms with Crippen molar-refractivity contribution in [3.8, 4) is 22.8 Å². The molecule has 7 nitrogen and oxygen atoms in total. The third-order valence-corrected chi connectivity index (χ3v) is 4.55. The van der Waals surface area contributed by atoms with E-state index in [4.69, 9.17) is 9.47 Å². The van der Waals surface area contributed by atoms with E-state index in [1.807, 2.05) is 68.7 Å². The van der Waals surface area contributed by atoms with Gasteiger partial charge in [0, 0.05) is 31.3 Å². The Kier molecular flexibility index (Phi) is 5.76. The number of hydrogen-bond acceptors (Lipinski definition) is 7. The maximum absolute atomic E-state index is 5.46. The van der Waals surface area contributed by atoms with Crippen molar-refractivity contribution in [3.05, 3.63) is 60.2 Å². The summed E-state index contributed by atoms with van der Waals surface area (Å²) in [6, 6.07) is 18.0. The van der Waals surface area contributed by atoms with Crippen molar-refractivity contribution in [1.82, 2.24) is 14.9 Å². The molecule has 2 aromatic carbocycles. The van der Waals surface area contributed by atoms with Crippen LogP contribution in [-0.2, 0) is 6.54 Å². The van der Waals surface area contributed by atoms with Gasteiger partial charge in [-0.3, -0.25) is 0 Å². The van der Waals surface area contributed by atoms with E-state index in [2.05, 4.69) is 25.5 Å². The van der Waals surface area contributed by atoms with Gasteiger partial charge in [-0.05, 0) is 31.8 Å². The minimum absolute atomic E-state index is 0.278. The lowest BCUT2D eigenvalue weighted by molar-refractivity contribution is 0.174. The van der Waals surface area contributed by atoms with Crippen LogP contribution in [0.3, 0.4) is 0 Å². The van der Waals surface area contributed by atoms with Gasteiger partial charge in [-0.15, -0.1) is 0 Å². The van der Waals surface area contributed by atoms with Crippen molar-refractivity contribution >= 4 is 11.8 Å². The molecule has 4 rings (SSSR count). The minimum atomic E-state index is 0.278. The molecule has 0 atom stereocenters. The minimum Gasteiger partial charge on any atom is -0.454 e. The maximum Gasteiger partial charge on any atom is 0.231 e. The predicted molar refractivity (Wildman–Crippen MR) is 114 cm³/mol. The molecule has 0 radical (unpaired) electrons. The highest BCUT2D eigenvalue weighted by Gasteiger charge is 2.13. The molecule has 2 heterocycles. The number of nitrogens with one attached hydrogen (secondary N) is 2. The number of rotatable bonds is 8. The van der Waals surface area contributed by atoms with Crippen molar-refractivity contribution in [2.75, 3.05) is 44.6 Å². The molecule has 150 valence electrons. The molecule has 1 aromatic heterocycles. The molecule has 0 amide bonds. The first-order valence-electron chi connectivity index (χ1n) is 9.63. The Balaban J connectivity index is 1.52. The zero-order chi connectivity index (χ0) is 20.1.